The summed E-state index contributed by atoms with van der Waals surface area (Å²) in [6.07, 6.45) is 3.43. The Hall–Kier alpha value is -2.53. The third-order valence-corrected chi connectivity index (χ3v) is 5.16. The Morgan fingerprint density at radius 3 is 2.65 bits per heavy atom. The summed E-state index contributed by atoms with van der Waals surface area (Å²) in [4.78, 5) is 13.1. The molecular weight excluding hydrogens is 306 g/mol. The summed E-state index contributed by atoms with van der Waals surface area (Å²) in [5.41, 5.74) is 2.01. The molecule has 0 aliphatic carbocycles. The van der Waals surface area contributed by atoms with E-state index >= 15 is 0 Å². The van der Waals surface area contributed by atoms with E-state index in [1.807, 2.05) is 30.3 Å². The lowest BCUT2D eigenvalue weighted by Crippen LogP contribution is -2.10. The molecule has 0 unspecified atom stereocenters. The average molecular weight is 321 g/mol. The molecule has 2 aromatic carbocycles. The Morgan fingerprint density at radius 1 is 1.09 bits per heavy atom. The SMILES string of the molecule is CC(C)c1ccc2sc3ccccc3c(=O)c2c1-n1ccnn1. The molecule has 5 heteroatoms. The molecular formula is C18H15N3OS. The van der Waals surface area contributed by atoms with E-state index < -0.39 is 0 Å². The maximum Gasteiger partial charge on any atom is 0.198 e. The molecule has 0 bridgehead atoms. The van der Waals surface area contributed by atoms with Crippen LogP contribution in [-0.2, 0) is 0 Å². The molecule has 2 aromatic heterocycles. The number of hydrogen-bond acceptors (Lipinski definition) is 4. The van der Waals surface area contributed by atoms with Crippen molar-refractivity contribution >= 4 is 31.5 Å². The average Bonchev–Trinajstić information content (AvgIpc) is 3.08. The molecule has 4 nitrogen and oxygen atoms in total. The summed E-state index contributed by atoms with van der Waals surface area (Å²) >= 11 is 1.64. The van der Waals surface area contributed by atoms with Crippen molar-refractivity contribution in [2.75, 3.05) is 0 Å². The van der Waals surface area contributed by atoms with Gasteiger partial charge in [0.2, 0.25) is 0 Å². The monoisotopic (exact) mass is 321 g/mol. The van der Waals surface area contributed by atoms with Gasteiger partial charge in [-0.15, -0.1) is 16.4 Å². The number of benzene rings is 2. The van der Waals surface area contributed by atoms with Crippen LogP contribution < -0.4 is 5.43 Å². The lowest BCUT2D eigenvalue weighted by atomic mass is 9.98. The summed E-state index contributed by atoms with van der Waals surface area (Å²) in [5, 5.41) is 9.53. The second-order valence-corrected chi connectivity index (χ2v) is 6.89. The van der Waals surface area contributed by atoms with Crippen LogP contribution in [0.2, 0.25) is 0 Å². The third-order valence-electron chi connectivity index (χ3n) is 4.02. The highest BCUT2D eigenvalue weighted by Crippen LogP contribution is 2.33. The topological polar surface area (TPSA) is 47.8 Å². The van der Waals surface area contributed by atoms with Crippen LogP contribution in [0.4, 0.5) is 0 Å². The molecule has 0 saturated carbocycles. The van der Waals surface area contributed by atoms with Gasteiger partial charge in [-0.05, 0) is 29.7 Å². The van der Waals surface area contributed by atoms with E-state index in [9.17, 15) is 4.79 Å². The van der Waals surface area contributed by atoms with Crippen LogP contribution in [0.15, 0.2) is 53.6 Å². The van der Waals surface area contributed by atoms with Gasteiger partial charge in [0.15, 0.2) is 5.43 Å². The van der Waals surface area contributed by atoms with Gasteiger partial charge in [-0.3, -0.25) is 4.79 Å². The Bertz CT molecular complexity index is 1060. The van der Waals surface area contributed by atoms with Crippen molar-refractivity contribution < 1.29 is 0 Å². The molecule has 0 amide bonds. The lowest BCUT2D eigenvalue weighted by Gasteiger charge is -2.15. The first-order valence-corrected chi connectivity index (χ1v) is 8.33. The fourth-order valence-corrected chi connectivity index (χ4v) is 4.01. The molecule has 0 saturated heterocycles. The molecule has 0 aliphatic rings. The van der Waals surface area contributed by atoms with Gasteiger partial charge in [0, 0.05) is 14.8 Å². The Kier molecular flexibility index (Phi) is 3.23. The maximum atomic E-state index is 13.1. The Morgan fingerprint density at radius 2 is 1.91 bits per heavy atom. The molecule has 0 radical (unpaired) electrons. The fraction of sp³-hybridized carbons (Fsp3) is 0.167. The van der Waals surface area contributed by atoms with Gasteiger partial charge in [0.05, 0.1) is 23.5 Å². The molecule has 0 N–H and O–H groups in total. The minimum atomic E-state index is 0.0577. The highest BCUT2D eigenvalue weighted by Gasteiger charge is 2.17. The number of rotatable bonds is 2. The van der Waals surface area contributed by atoms with Crippen molar-refractivity contribution in [2.24, 2.45) is 0 Å². The van der Waals surface area contributed by atoms with Gasteiger partial charge < -0.3 is 0 Å². The maximum absolute atomic E-state index is 13.1. The van der Waals surface area contributed by atoms with E-state index in [2.05, 4.69) is 30.2 Å². The molecule has 0 spiro atoms. The molecule has 4 rings (SSSR count). The molecule has 23 heavy (non-hydrogen) atoms. The summed E-state index contributed by atoms with van der Waals surface area (Å²) in [5.74, 6) is 0.287. The molecule has 114 valence electrons. The highest BCUT2D eigenvalue weighted by molar-refractivity contribution is 7.24. The number of nitrogens with zero attached hydrogens (tertiary/aromatic N) is 3. The first-order chi connectivity index (χ1) is 11.2. The van der Waals surface area contributed by atoms with Gasteiger partial charge in [0.25, 0.3) is 0 Å². The highest BCUT2D eigenvalue weighted by atomic mass is 32.1. The van der Waals surface area contributed by atoms with Gasteiger partial charge in [-0.1, -0.05) is 37.3 Å². The predicted octanol–water partition coefficient (Wildman–Crippen LogP) is 4.12. The summed E-state index contributed by atoms with van der Waals surface area (Å²) in [7, 11) is 0. The van der Waals surface area contributed by atoms with Gasteiger partial charge in [-0.2, -0.15) is 0 Å². The van der Waals surface area contributed by atoms with E-state index in [0.29, 0.717) is 0 Å². The van der Waals surface area contributed by atoms with Crippen molar-refractivity contribution in [3.8, 4) is 5.69 Å². The summed E-state index contributed by atoms with van der Waals surface area (Å²) < 4.78 is 3.69. The molecule has 0 aliphatic heterocycles. The fourth-order valence-electron chi connectivity index (χ4n) is 2.93. The number of aromatic nitrogens is 3. The zero-order valence-electron chi connectivity index (χ0n) is 12.9. The van der Waals surface area contributed by atoms with Crippen molar-refractivity contribution in [3.05, 3.63) is 64.6 Å². The summed E-state index contributed by atoms with van der Waals surface area (Å²) in [6, 6.07) is 11.9. The predicted molar refractivity (Wildman–Crippen MR) is 94.6 cm³/mol. The second-order valence-electron chi connectivity index (χ2n) is 5.81. The molecule has 0 atom stereocenters. The van der Waals surface area contributed by atoms with Crippen LogP contribution in [-0.4, -0.2) is 15.0 Å². The smallest absolute Gasteiger partial charge is 0.198 e. The molecule has 2 heterocycles. The minimum Gasteiger partial charge on any atom is -0.288 e. The quantitative estimate of drug-likeness (QED) is 0.522. The van der Waals surface area contributed by atoms with E-state index in [-0.39, 0.29) is 11.3 Å². The zero-order valence-corrected chi connectivity index (χ0v) is 13.7. The van der Waals surface area contributed by atoms with Crippen LogP contribution in [0, 0.1) is 0 Å². The first-order valence-electron chi connectivity index (χ1n) is 7.52. The second kappa shape index (κ2) is 5.28. The minimum absolute atomic E-state index is 0.0577. The van der Waals surface area contributed by atoms with E-state index in [1.54, 1.807) is 28.4 Å². The van der Waals surface area contributed by atoms with E-state index in [1.165, 1.54) is 0 Å². The number of fused-ring (bicyclic) bond motifs is 2. The Labute approximate surface area is 137 Å². The third kappa shape index (κ3) is 2.16. The van der Waals surface area contributed by atoms with E-state index in [4.69, 9.17) is 0 Å². The van der Waals surface area contributed by atoms with Crippen LogP contribution in [0.5, 0.6) is 0 Å². The number of hydrogen-bond donors (Lipinski definition) is 0. The van der Waals surface area contributed by atoms with Crippen LogP contribution >= 0.6 is 11.3 Å². The van der Waals surface area contributed by atoms with Crippen molar-refractivity contribution in [1.82, 2.24) is 15.0 Å². The van der Waals surface area contributed by atoms with Crippen LogP contribution in [0.1, 0.15) is 25.3 Å². The summed E-state index contributed by atoms with van der Waals surface area (Å²) in [6.45, 7) is 4.24. The Balaban J connectivity index is 2.24. The first kappa shape index (κ1) is 14.1. The molecule has 4 aromatic rings. The standard InChI is InChI=1S/C18H15N3OS/c1-11(2)12-7-8-15-16(17(12)21-10-9-19-20-21)18(22)13-5-3-4-6-14(13)23-15/h3-11H,1-2H3. The lowest BCUT2D eigenvalue weighted by molar-refractivity contribution is 0.776. The van der Waals surface area contributed by atoms with Crippen molar-refractivity contribution in [3.63, 3.8) is 0 Å². The van der Waals surface area contributed by atoms with Crippen molar-refractivity contribution in [1.29, 1.82) is 0 Å². The van der Waals surface area contributed by atoms with Gasteiger partial charge in [0.1, 0.15) is 0 Å². The van der Waals surface area contributed by atoms with Crippen molar-refractivity contribution in [2.45, 2.75) is 19.8 Å². The van der Waals surface area contributed by atoms with Crippen LogP contribution in [0.3, 0.4) is 0 Å². The van der Waals surface area contributed by atoms with Crippen LogP contribution in [0.25, 0.3) is 25.9 Å². The zero-order chi connectivity index (χ0) is 16.0. The molecule has 0 fully saturated rings. The van der Waals surface area contributed by atoms with E-state index in [0.717, 1.165) is 31.4 Å². The normalized spacial score (nSPS) is 11.6. The van der Waals surface area contributed by atoms with Gasteiger partial charge in [-0.25, -0.2) is 4.68 Å². The van der Waals surface area contributed by atoms with Gasteiger partial charge >= 0.3 is 0 Å². The largest absolute Gasteiger partial charge is 0.288 e.